The van der Waals surface area contributed by atoms with E-state index in [1.165, 1.54) is 23.9 Å². The molecule has 20 heavy (non-hydrogen) atoms. The number of carboxylic acids is 1. The second-order valence-corrected chi connectivity index (χ2v) is 6.73. The Morgan fingerprint density at radius 3 is 2.55 bits per heavy atom. The lowest BCUT2D eigenvalue weighted by Gasteiger charge is -2.06. The van der Waals surface area contributed by atoms with Crippen molar-refractivity contribution in [3.05, 3.63) is 62.3 Å². The van der Waals surface area contributed by atoms with Crippen LogP contribution >= 0.6 is 43.6 Å². The highest BCUT2D eigenvalue weighted by atomic mass is 79.9. The second-order valence-electron chi connectivity index (χ2n) is 3.97. The summed E-state index contributed by atoms with van der Waals surface area (Å²) in [5.74, 6) is -0.712. The van der Waals surface area contributed by atoms with Crippen LogP contribution in [0.4, 0.5) is 4.39 Å². The van der Waals surface area contributed by atoms with Gasteiger partial charge in [-0.05, 0) is 57.9 Å². The summed E-state index contributed by atoms with van der Waals surface area (Å²) < 4.78 is 14.6. The van der Waals surface area contributed by atoms with Crippen LogP contribution in [0.25, 0.3) is 0 Å². The first-order valence-corrected chi connectivity index (χ1v) is 8.14. The van der Waals surface area contributed by atoms with Gasteiger partial charge in [0.15, 0.2) is 0 Å². The zero-order chi connectivity index (χ0) is 14.7. The number of halogens is 3. The van der Waals surface area contributed by atoms with Crippen molar-refractivity contribution in [2.24, 2.45) is 0 Å². The van der Waals surface area contributed by atoms with E-state index < -0.39 is 5.97 Å². The molecule has 0 aliphatic heterocycles. The van der Waals surface area contributed by atoms with Gasteiger partial charge in [-0.3, -0.25) is 0 Å². The number of benzene rings is 2. The average molecular weight is 420 g/mol. The van der Waals surface area contributed by atoms with Crippen molar-refractivity contribution in [2.45, 2.75) is 10.6 Å². The van der Waals surface area contributed by atoms with E-state index in [1.54, 1.807) is 18.2 Å². The molecular weight excluding hydrogens is 411 g/mol. The summed E-state index contributed by atoms with van der Waals surface area (Å²) in [5, 5.41) is 9.06. The van der Waals surface area contributed by atoms with E-state index >= 15 is 0 Å². The number of hydrogen-bond acceptors (Lipinski definition) is 2. The molecule has 0 amide bonds. The minimum atomic E-state index is -0.980. The summed E-state index contributed by atoms with van der Waals surface area (Å²) in [4.78, 5) is 11.9. The second kappa shape index (κ2) is 6.74. The van der Waals surface area contributed by atoms with Crippen molar-refractivity contribution >= 4 is 49.6 Å². The molecule has 0 aliphatic rings. The van der Waals surface area contributed by atoms with Crippen LogP contribution in [0.15, 0.2) is 50.2 Å². The molecule has 0 fully saturated rings. The molecule has 0 radical (unpaired) electrons. The van der Waals surface area contributed by atoms with E-state index in [2.05, 4.69) is 31.9 Å². The summed E-state index contributed by atoms with van der Waals surface area (Å²) in [6.45, 7) is 0. The summed E-state index contributed by atoms with van der Waals surface area (Å²) in [7, 11) is 0. The topological polar surface area (TPSA) is 37.3 Å². The van der Waals surface area contributed by atoms with E-state index in [0.29, 0.717) is 10.2 Å². The van der Waals surface area contributed by atoms with Crippen LogP contribution in [0.5, 0.6) is 0 Å². The fourth-order valence-corrected chi connectivity index (χ4v) is 3.49. The summed E-state index contributed by atoms with van der Waals surface area (Å²) in [6, 6.07) is 9.65. The lowest BCUT2D eigenvalue weighted by molar-refractivity contribution is 0.0695. The van der Waals surface area contributed by atoms with Gasteiger partial charge in [-0.2, -0.15) is 0 Å². The molecule has 0 saturated carbocycles. The van der Waals surface area contributed by atoms with Gasteiger partial charge in [0.2, 0.25) is 0 Å². The fourth-order valence-electron chi connectivity index (χ4n) is 1.57. The molecule has 6 heteroatoms. The highest BCUT2D eigenvalue weighted by molar-refractivity contribution is 9.10. The number of rotatable bonds is 4. The Balaban J connectivity index is 2.17. The molecule has 2 rings (SSSR count). The maximum absolute atomic E-state index is 13.2. The number of thioether (sulfide) groups is 1. The molecule has 0 bridgehead atoms. The normalized spacial score (nSPS) is 10.6. The largest absolute Gasteiger partial charge is 0.478 e. The Morgan fingerprint density at radius 1 is 1.15 bits per heavy atom. The van der Waals surface area contributed by atoms with Gasteiger partial charge in [0, 0.05) is 19.6 Å². The van der Waals surface area contributed by atoms with Gasteiger partial charge in [0.25, 0.3) is 0 Å². The monoisotopic (exact) mass is 418 g/mol. The molecule has 0 unspecified atom stereocenters. The highest BCUT2D eigenvalue weighted by Crippen LogP contribution is 2.30. The quantitative estimate of drug-likeness (QED) is 0.679. The van der Waals surface area contributed by atoms with Crippen LogP contribution in [-0.4, -0.2) is 11.1 Å². The standard InChI is InChI=1S/C14H9Br2FO2S/c15-12-3-1-9(17)5-8(12)7-20-10-2-4-13(16)11(6-10)14(18)19/h1-6H,7H2,(H,18,19). The predicted molar refractivity (Wildman–Crippen MR) is 84.8 cm³/mol. The van der Waals surface area contributed by atoms with Crippen LogP contribution in [-0.2, 0) is 5.75 Å². The Bertz CT molecular complexity index is 662. The Hall–Kier alpha value is -0.850. The third-order valence-electron chi connectivity index (χ3n) is 2.57. The number of hydrogen-bond donors (Lipinski definition) is 1. The van der Waals surface area contributed by atoms with Crippen molar-refractivity contribution in [3.63, 3.8) is 0 Å². The maximum Gasteiger partial charge on any atom is 0.336 e. The molecule has 2 aromatic carbocycles. The molecule has 0 aliphatic carbocycles. The van der Waals surface area contributed by atoms with E-state index in [4.69, 9.17) is 5.11 Å². The van der Waals surface area contributed by atoms with Crippen molar-refractivity contribution < 1.29 is 14.3 Å². The maximum atomic E-state index is 13.2. The minimum absolute atomic E-state index is 0.216. The number of aromatic carboxylic acids is 1. The van der Waals surface area contributed by atoms with Gasteiger partial charge in [-0.25, -0.2) is 9.18 Å². The molecule has 0 saturated heterocycles. The van der Waals surface area contributed by atoms with E-state index in [1.807, 2.05) is 6.07 Å². The van der Waals surface area contributed by atoms with E-state index in [9.17, 15) is 9.18 Å². The van der Waals surface area contributed by atoms with Gasteiger partial charge in [0.1, 0.15) is 5.82 Å². The Labute approximate surface area is 136 Å². The van der Waals surface area contributed by atoms with Crippen LogP contribution in [0.2, 0.25) is 0 Å². The molecule has 104 valence electrons. The van der Waals surface area contributed by atoms with Gasteiger partial charge in [-0.15, -0.1) is 11.8 Å². The summed E-state index contributed by atoms with van der Waals surface area (Å²) >= 11 is 8.03. The average Bonchev–Trinajstić information content (AvgIpc) is 2.41. The fraction of sp³-hybridized carbons (Fsp3) is 0.0714. The molecule has 2 nitrogen and oxygen atoms in total. The van der Waals surface area contributed by atoms with Gasteiger partial charge in [-0.1, -0.05) is 15.9 Å². The minimum Gasteiger partial charge on any atom is -0.478 e. The number of carboxylic acid groups (broad SMARTS) is 1. The molecule has 0 heterocycles. The first-order chi connectivity index (χ1) is 9.47. The molecule has 0 aromatic heterocycles. The van der Waals surface area contributed by atoms with Crippen molar-refractivity contribution in [1.82, 2.24) is 0 Å². The lowest BCUT2D eigenvalue weighted by atomic mass is 10.2. The molecule has 0 spiro atoms. The summed E-state index contributed by atoms with van der Waals surface area (Å²) in [5.41, 5.74) is 1.04. The molecule has 1 N–H and O–H groups in total. The van der Waals surface area contributed by atoms with Crippen LogP contribution in [0.3, 0.4) is 0 Å². The van der Waals surface area contributed by atoms with Gasteiger partial charge in [0.05, 0.1) is 5.56 Å². The first-order valence-electron chi connectivity index (χ1n) is 5.57. The summed E-state index contributed by atoms with van der Waals surface area (Å²) in [6.07, 6.45) is 0. The van der Waals surface area contributed by atoms with Crippen molar-refractivity contribution in [1.29, 1.82) is 0 Å². The molecule has 2 aromatic rings. The Morgan fingerprint density at radius 2 is 1.85 bits per heavy atom. The van der Waals surface area contributed by atoms with E-state index in [-0.39, 0.29) is 11.4 Å². The van der Waals surface area contributed by atoms with Crippen LogP contribution < -0.4 is 0 Å². The first kappa shape index (κ1) is 15.5. The number of carbonyl (C=O) groups is 1. The van der Waals surface area contributed by atoms with Crippen LogP contribution in [0.1, 0.15) is 15.9 Å². The lowest BCUT2D eigenvalue weighted by Crippen LogP contribution is -1.97. The van der Waals surface area contributed by atoms with Crippen LogP contribution in [0, 0.1) is 5.82 Å². The zero-order valence-electron chi connectivity index (χ0n) is 10.1. The van der Waals surface area contributed by atoms with Crippen molar-refractivity contribution in [2.75, 3.05) is 0 Å². The molecular formula is C14H9Br2FO2S. The van der Waals surface area contributed by atoms with Gasteiger partial charge < -0.3 is 5.11 Å². The third kappa shape index (κ3) is 3.84. The predicted octanol–water partition coefficient (Wildman–Crippen LogP) is 5.34. The smallest absolute Gasteiger partial charge is 0.336 e. The zero-order valence-corrected chi connectivity index (χ0v) is 14.1. The van der Waals surface area contributed by atoms with Crippen molar-refractivity contribution in [3.8, 4) is 0 Å². The van der Waals surface area contributed by atoms with Gasteiger partial charge >= 0.3 is 5.97 Å². The SMILES string of the molecule is O=C(O)c1cc(SCc2cc(F)ccc2Br)ccc1Br. The Kier molecular flexibility index (Phi) is 5.23. The van der Waals surface area contributed by atoms with E-state index in [0.717, 1.165) is 14.9 Å². The molecule has 0 atom stereocenters. The third-order valence-corrected chi connectivity index (χ3v) is 5.08. The highest BCUT2D eigenvalue weighted by Gasteiger charge is 2.10.